The van der Waals surface area contributed by atoms with Gasteiger partial charge in [-0.25, -0.2) is 0 Å². The monoisotopic (exact) mass is 248 g/mol. The maximum atomic E-state index is 12.3. The number of carbonyl (C=O) groups is 1. The normalized spacial score (nSPS) is 16.1. The van der Waals surface area contributed by atoms with E-state index >= 15 is 0 Å². The Kier molecular flexibility index (Phi) is 3.87. The summed E-state index contributed by atoms with van der Waals surface area (Å²) in [4.78, 5) is 14.0. The summed E-state index contributed by atoms with van der Waals surface area (Å²) in [6.45, 7) is 5.21. The van der Waals surface area contributed by atoms with E-state index in [0.29, 0.717) is 25.5 Å². The summed E-state index contributed by atoms with van der Waals surface area (Å²) in [5, 5.41) is 0. The van der Waals surface area contributed by atoms with Crippen molar-refractivity contribution in [2.45, 2.75) is 26.3 Å². The molecule has 0 bridgehead atoms. The smallest absolute Gasteiger partial charge is 0.228 e. The molecule has 1 aliphatic heterocycles. The van der Waals surface area contributed by atoms with Gasteiger partial charge in [-0.15, -0.1) is 0 Å². The van der Waals surface area contributed by atoms with E-state index in [1.165, 1.54) is 0 Å². The van der Waals surface area contributed by atoms with Crippen LogP contribution >= 0.6 is 0 Å². The number of rotatable bonds is 3. The van der Waals surface area contributed by atoms with Crippen LogP contribution in [0, 0.1) is 5.92 Å². The summed E-state index contributed by atoms with van der Waals surface area (Å²) < 4.78 is 5.53. The van der Waals surface area contributed by atoms with Crippen LogP contribution in [0.4, 0.5) is 5.69 Å². The fraction of sp³-hybridized carbons (Fsp3) is 0.500. The molecule has 1 amide bonds. The zero-order chi connectivity index (χ0) is 13.1. The minimum Gasteiger partial charge on any atom is -0.490 e. The molecule has 1 aromatic carbocycles. The third-order valence-electron chi connectivity index (χ3n) is 3.30. The predicted molar refractivity (Wildman–Crippen MR) is 71.7 cm³/mol. The minimum atomic E-state index is -0.0903. The van der Waals surface area contributed by atoms with Gasteiger partial charge in [0.2, 0.25) is 5.91 Å². The Hall–Kier alpha value is -1.55. The lowest BCUT2D eigenvalue weighted by atomic mass is 10.0. The third-order valence-corrected chi connectivity index (χ3v) is 3.30. The lowest BCUT2D eigenvalue weighted by Crippen LogP contribution is -2.41. The summed E-state index contributed by atoms with van der Waals surface area (Å²) >= 11 is 0. The van der Waals surface area contributed by atoms with Crippen LogP contribution in [-0.2, 0) is 4.79 Å². The van der Waals surface area contributed by atoms with Crippen LogP contribution < -0.4 is 15.4 Å². The highest BCUT2D eigenvalue weighted by molar-refractivity contribution is 5.95. The molecule has 1 heterocycles. The number of fused-ring (bicyclic) bond motifs is 1. The van der Waals surface area contributed by atoms with Crippen LogP contribution in [0.5, 0.6) is 5.75 Å². The molecular weight excluding hydrogens is 228 g/mol. The summed E-state index contributed by atoms with van der Waals surface area (Å²) in [6.07, 6.45) is 0.381. The molecular formula is C14H20N2O2. The van der Waals surface area contributed by atoms with Crippen molar-refractivity contribution in [1.82, 2.24) is 0 Å². The van der Waals surface area contributed by atoms with Gasteiger partial charge in [-0.05, 0) is 18.1 Å². The number of nitrogens with two attached hydrogens (primary N) is 1. The van der Waals surface area contributed by atoms with E-state index in [1.807, 2.05) is 38.1 Å². The van der Waals surface area contributed by atoms with Gasteiger partial charge in [0, 0.05) is 12.5 Å². The van der Waals surface area contributed by atoms with Gasteiger partial charge in [0.05, 0.1) is 12.2 Å². The van der Waals surface area contributed by atoms with Crippen molar-refractivity contribution < 1.29 is 9.53 Å². The number of hydrogen-bond donors (Lipinski definition) is 1. The van der Waals surface area contributed by atoms with Crippen LogP contribution in [0.15, 0.2) is 24.3 Å². The molecule has 1 aromatic rings. The second-order valence-electron chi connectivity index (χ2n) is 4.97. The number of anilines is 1. The van der Waals surface area contributed by atoms with Crippen molar-refractivity contribution in [1.29, 1.82) is 0 Å². The first kappa shape index (κ1) is 12.9. The van der Waals surface area contributed by atoms with Crippen molar-refractivity contribution >= 4 is 11.6 Å². The number of ether oxygens (including phenoxy) is 1. The molecule has 1 unspecified atom stereocenters. The van der Waals surface area contributed by atoms with Crippen molar-refractivity contribution in [3.05, 3.63) is 24.3 Å². The van der Waals surface area contributed by atoms with Gasteiger partial charge >= 0.3 is 0 Å². The van der Waals surface area contributed by atoms with Crippen molar-refractivity contribution in [3.63, 3.8) is 0 Å². The van der Waals surface area contributed by atoms with E-state index in [9.17, 15) is 4.79 Å². The third kappa shape index (κ3) is 2.64. The molecule has 0 saturated heterocycles. The van der Waals surface area contributed by atoms with Crippen LogP contribution in [0.3, 0.4) is 0 Å². The van der Waals surface area contributed by atoms with Crippen LogP contribution in [0.2, 0.25) is 0 Å². The molecule has 0 saturated carbocycles. The van der Waals surface area contributed by atoms with E-state index in [2.05, 4.69) is 0 Å². The topological polar surface area (TPSA) is 55.6 Å². The molecule has 2 N–H and O–H groups in total. The van der Waals surface area contributed by atoms with Crippen LogP contribution in [0.1, 0.15) is 20.3 Å². The average molecular weight is 248 g/mol. The first-order valence-corrected chi connectivity index (χ1v) is 6.37. The molecule has 4 nitrogen and oxygen atoms in total. The molecule has 98 valence electrons. The molecule has 0 radical (unpaired) electrons. The molecule has 1 aliphatic rings. The summed E-state index contributed by atoms with van der Waals surface area (Å²) in [5.74, 6) is 1.16. The zero-order valence-corrected chi connectivity index (χ0v) is 10.9. The van der Waals surface area contributed by atoms with E-state index < -0.39 is 0 Å². The van der Waals surface area contributed by atoms with Gasteiger partial charge in [0.1, 0.15) is 12.4 Å². The minimum absolute atomic E-state index is 0.0759. The Balaban J connectivity index is 2.13. The van der Waals surface area contributed by atoms with Gasteiger partial charge in [0.15, 0.2) is 0 Å². The lowest BCUT2D eigenvalue weighted by Gasteiger charge is -2.30. The summed E-state index contributed by atoms with van der Waals surface area (Å²) in [6, 6.07) is 7.53. The Bertz CT molecular complexity index is 432. The first-order chi connectivity index (χ1) is 8.59. The second-order valence-corrected chi connectivity index (χ2v) is 4.97. The van der Waals surface area contributed by atoms with Crippen LogP contribution in [0.25, 0.3) is 0 Å². The van der Waals surface area contributed by atoms with Gasteiger partial charge < -0.3 is 15.4 Å². The largest absolute Gasteiger partial charge is 0.490 e. The second kappa shape index (κ2) is 5.40. The molecule has 0 aromatic heterocycles. The number of amides is 1. The van der Waals surface area contributed by atoms with Crippen LogP contribution in [-0.4, -0.2) is 25.1 Å². The van der Waals surface area contributed by atoms with Crippen molar-refractivity contribution in [2.75, 3.05) is 18.1 Å². The molecule has 0 fully saturated rings. The summed E-state index contributed by atoms with van der Waals surface area (Å²) in [5.41, 5.74) is 6.82. The zero-order valence-electron chi connectivity index (χ0n) is 10.9. The first-order valence-electron chi connectivity index (χ1n) is 6.37. The van der Waals surface area contributed by atoms with E-state index in [1.54, 1.807) is 4.90 Å². The maximum Gasteiger partial charge on any atom is 0.228 e. The molecule has 0 aliphatic carbocycles. The Morgan fingerprint density at radius 1 is 1.44 bits per heavy atom. The maximum absolute atomic E-state index is 12.3. The van der Waals surface area contributed by atoms with Gasteiger partial charge in [-0.1, -0.05) is 26.0 Å². The highest BCUT2D eigenvalue weighted by atomic mass is 16.5. The highest BCUT2D eigenvalue weighted by Crippen LogP contribution is 2.31. The van der Waals surface area contributed by atoms with E-state index in [-0.39, 0.29) is 11.9 Å². The number of hydrogen-bond acceptors (Lipinski definition) is 3. The number of carbonyl (C=O) groups excluding carboxylic acids is 1. The SMILES string of the molecule is CC(C)C(N)CC(=O)N1CCOc2ccccc21. The van der Waals surface area contributed by atoms with Gasteiger partial charge in [0.25, 0.3) is 0 Å². The molecule has 4 heteroatoms. The average Bonchev–Trinajstić information content (AvgIpc) is 2.37. The highest BCUT2D eigenvalue weighted by Gasteiger charge is 2.25. The standard InChI is InChI=1S/C14H20N2O2/c1-10(2)11(15)9-14(17)16-7-8-18-13-6-4-3-5-12(13)16/h3-6,10-11H,7-9,15H2,1-2H3. The molecule has 0 spiro atoms. The number of benzene rings is 1. The fourth-order valence-corrected chi connectivity index (χ4v) is 1.98. The number of nitrogens with zero attached hydrogens (tertiary/aromatic N) is 1. The van der Waals surface area contributed by atoms with Crippen molar-refractivity contribution in [2.24, 2.45) is 11.7 Å². The van der Waals surface area contributed by atoms with E-state index in [4.69, 9.17) is 10.5 Å². The lowest BCUT2D eigenvalue weighted by molar-refractivity contribution is -0.119. The quantitative estimate of drug-likeness (QED) is 0.887. The molecule has 18 heavy (non-hydrogen) atoms. The van der Waals surface area contributed by atoms with Crippen molar-refractivity contribution in [3.8, 4) is 5.75 Å². The molecule has 1 atom stereocenters. The number of para-hydroxylation sites is 2. The van der Waals surface area contributed by atoms with Gasteiger partial charge in [-0.2, -0.15) is 0 Å². The Morgan fingerprint density at radius 3 is 2.89 bits per heavy atom. The Morgan fingerprint density at radius 2 is 2.17 bits per heavy atom. The van der Waals surface area contributed by atoms with Gasteiger partial charge in [-0.3, -0.25) is 4.79 Å². The molecule has 2 rings (SSSR count). The fourth-order valence-electron chi connectivity index (χ4n) is 1.98. The van der Waals surface area contributed by atoms with E-state index in [0.717, 1.165) is 11.4 Å². The summed E-state index contributed by atoms with van der Waals surface area (Å²) in [7, 11) is 0. The predicted octanol–water partition coefficient (Wildman–Crippen LogP) is 1.79. The Labute approximate surface area is 108 Å².